The number of carbonyl (C=O) groups is 1. The van der Waals surface area contributed by atoms with Crippen LogP contribution in [0.4, 0.5) is 0 Å². The van der Waals surface area contributed by atoms with E-state index in [2.05, 4.69) is 27.7 Å². The van der Waals surface area contributed by atoms with E-state index in [0.29, 0.717) is 17.1 Å². The highest BCUT2D eigenvalue weighted by molar-refractivity contribution is 6.00. The van der Waals surface area contributed by atoms with Crippen LogP contribution in [0.25, 0.3) is 0 Å². The summed E-state index contributed by atoms with van der Waals surface area (Å²) >= 11 is 0. The fourth-order valence-corrected chi connectivity index (χ4v) is 5.08. The van der Waals surface area contributed by atoms with Gasteiger partial charge in [0.15, 0.2) is 5.78 Å². The third-order valence-electron chi connectivity index (χ3n) is 6.26. The van der Waals surface area contributed by atoms with E-state index in [0.717, 1.165) is 17.9 Å². The molecule has 3 aliphatic rings. The summed E-state index contributed by atoms with van der Waals surface area (Å²) in [5.74, 6) is 1.94. The van der Waals surface area contributed by atoms with Gasteiger partial charge in [0, 0.05) is 11.8 Å². The molecule has 0 saturated heterocycles. The first kappa shape index (κ1) is 10.6. The van der Waals surface area contributed by atoms with E-state index < -0.39 is 0 Å². The van der Waals surface area contributed by atoms with Gasteiger partial charge in [-0.05, 0) is 49.0 Å². The van der Waals surface area contributed by atoms with Crippen molar-refractivity contribution in [2.75, 3.05) is 0 Å². The first-order valence-corrected chi connectivity index (χ1v) is 6.64. The van der Waals surface area contributed by atoms with Crippen molar-refractivity contribution in [2.24, 2.45) is 22.7 Å². The van der Waals surface area contributed by atoms with E-state index in [1.807, 2.05) is 0 Å². The molecule has 1 spiro atoms. The standard InChI is InChI=1S/C15H22O/c1-9-5-6-11-7-12-10(2)13(16)8-15(9,12)14(11,3)4/h9,11H,5-8H2,1-4H3/t9-,11-,15+/m0/s1. The predicted molar refractivity (Wildman–Crippen MR) is 65.0 cm³/mol. The van der Waals surface area contributed by atoms with Crippen molar-refractivity contribution in [1.82, 2.24) is 0 Å². The maximum atomic E-state index is 12.1. The van der Waals surface area contributed by atoms with Crippen LogP contribution in [0.15, 0.2) is 11.1 Å². The predicted octanol–water partition coefficient (Wildman–Crippen LogP) is 3.74. The molecule has 0 aromatic rings. The summed E-state index contributed by atoms with van der Waals surface area (Å²) in [7, 11) is 0. The zero-order valence-electron chi connectivity index (χ0n) is 10.9. The fourth-order valence-electron chi connectivity index (χ4n) is 5.08. The first-order valence-electron chi connectivity index (χ1n) is 6.64. The summed E-state index contributed by atoms with van der Waals surface area (Å²) in [5.41, 5.74) is 3.23. The van der Waals surface area contributed by atoms with Crippen molar-refractivity contribution >= 4 is 5.78 Å². The summed E-state index contributed by atoms with van der Waals surface area (Å²) < 4.78 is 0. The lowest BCUT2D eigenvalue weighted by Gasteiger charge is -2.51. The van der Waals surface area contributed by atoms with Crippen molar-refractivity contribution < 1.29 is 4.79 Å². The van der Waals surface area contributed by atoms with Gasteiger partial charge >= 0.3 is 0 Å². The lowest BCUT2D eigenvalue weighted by Crippen LogP contribution is -2.45. The molecule has 0 aliphatic heterocycles. The molecular formula is C15H22O. The molecular weight excluding hydrogens is 196 g/mol. The second-order valence-electron chi connectivity index (χ2n) is 6.78. The molecule has 0 aromatic heterocycles. The summed E-state index contributed by atoms with van der Waals surface area (Å²) in [4.78, 5) is 12.1. The van der Waals surface area contributed by atoms with Gasteiger partial charge in [0.25, 0.3) is 0 Å². The number of hydrogen-bond donors (Lipinski definition) is 0. The highest BCUT2D eigenvalue weighted by Crippen LogP contribution is 2.71. The maximum absolute atomic E-state index is 12.1. The Morgan fingerprint density at radius 1 is 1.25 bits per heavy atom. The van der Waals surface area contributed by atoms with Gasteiger partial charge in [0.1, 0.15) is 0 Å². The molecule has 0 unspecified atom stereocenters. The van der Waals surface area contributed by atoms with Crippen LogP contribution in [0.1, 0.15) is 53.4 Å². The molecule has 3 atom stereocenters. The van der Waals surface area contributed by atoms with Gasteiger partial charge in [0.05, 0.1) is 0 Å². The minimum Gasteiger partial charge on any atom is -0.295 e. The molecule has 16 heavy (non-hydrogen) atoms. The Kier molecular flexibility index (Phi) is 1.85. The van der Waals surface area contributed by atoms with Crippen LogP contribution in [0.3, 0.4) is 0 Å². The van der Waals surface area contributed by atoms with Crippen LogP contribution in [0.5, 0.6) is 0 Å². The highest BCUT2D eigenvalue weighted by atomic mass is 16.1. The molecule has 1 nitrogen and oxygen atoms in total. The minimum atomic E-state index is 0.233. The lowest BCUT2D eigenvalue weighted by atomic mass is 9.53. The molecule has 1 heteroatoms. The molecule has 0 N–H and O–H groups in total. The van der Waals surface area contributed by atoms with E-state index in [1.165, 1.54) is 24.8 Å². The van der Waals surface area contributed by atoms with Gasteiger partial charge in [-0.15, -0.1) is 0 Å². The quantitative estimate of drug-likeness (QED) is 0.605. The van der Waals surface area contributed by atoms with Gasteiger partial charge in [0.2, 0.25) is 0 Å². The Morgan fingerprint density at radius 3 is 2.62 bits per heavy atom. The van der Waals surface area contributed by atoms with Crippen LogP contribution in [0, 0.1) is 22.7 Å². The number of hydrogen-bond acceptors (Lipinski definition) is 1. The molecule has 0 radical (unpaired) electrons. The van der Waals surface area contributed by atoms with Gasteiger partial charge in [-0.25, -0.2) is 0 Å². The molecule has 88 valence electrons. The molecule has 0 heterocycles. The van der Waals surface area contributed by atoms with Gasteiger partial charge in [-0.1, -0.05) is 26.3 Å². The van der Waals surface area contributed by atoms with Gasteiger partial charge in [-0.2, -0.15) is 0 Å². The first-order chi connectivity index (χ1) is 7.41. The van der Waals surface area contributed by atoms with Crippen LogP contribution in [-0.4, -0.2) is 5.78 Å². The average Bonchev–Trinajstić information content (AvgIpc) is 2.50. The lowest BCUT2D eigenvalue weighted by molar-refractivity contribution is -0.119. The largest absolute Gasteiger partial charge is 0.295 e. The molecule has 0 aromatic carbocycles. The highest BCUT2D eigenvalue weighted by Gasteiger charge is 2.65. The Morgan fingerprint density at radius 2 is 1.94 bits per heavy atom. The van der Waals surface area contributed by atoms with E-state index in [9.17, 15) is 4.79 Å². The second kappa shape index (κ2) is 2.80. The number of rotatable bonds is 0. The Bertz CT molecular complexity index is 402. The number of allylic oxidation sites excluding steroid dienone is 2. The molecule has 3 rings (SSSR count). The molecule has 2 fully saturated rings. The van der Waals surface area contributed by atoms with E-state index >= 15 is 0 Å². The van der Waals surface area contributed by atoms with Crippen molar-refractivity contribution in [2.45, 2.75) is 53.4 Å². The Labute approximate surface area is 98.3 Å². The zero-order chi connectivity index (χ0) is 11.7. The number of Topliss-reactive ketones (excluding diaryl/α,β-unsaturated/α-hetero) is 1. The van der Waals surface area contributed by atoms with Crippen molar-refractivity contribution in [3.8, 4) is 0 Å². The van der Waals surface area contributed by atoms with E-state index in [1.54, 1.807) is 0 Å². The van der Waals surface area contributed by atoms with Crippen molar-refractivity contribution in [3.05, 3.63) is 11.1 Å². The number of fused-ring (bicyclic) bond motifs is 1. The third-order valence-corrected chi connectivity index (χ3v) is 6.26. The molecule has 3 aliphatic carbocycles. The van der Waals surface area contributed by atoms with E-state index in [4.69, 9.17) is 0 Å². The summed E-state index contributed by atoms with van der Waals surface area (Å²) in [6.45, 7) is 9.25. The second-order valence-corrected chi connectivity index (χ2v) is 6.78. The van der Waals surface area contributed by atoms with Crippen LogP contribution < -0.4 is 0 Å². The fraction of sp³-hybridized carbons (Fsp3) is 0.800. The minimum absolute atomic E-state index is 0.233. The summed E-state index contributed by atoms with van der Waals surface area (Å²) in [6.07, 6.45) is 4.69. The molecule has 2 bridgehead atoms. The Balaban J connectivity index is 2.24. The van der Waals surface area contributed by atoms with Crippen molar-refractivity contribution in [1.29, 1.82) is 0 Å². The monoisotopic (exact) mass is 218 g/mol. The van der Waals surface area contributed by atoms with Crippen LogP contribution >= 0.6 is 0 Å². The normalized spacial score (nSPS) is 45.1. The zero-order valence-corrected chi connectivity index (χ0v) is 10.9. The summed E-state index contributed by atoms with van der Waals surface area (Å²) in [6, 6.07) is 0. The molecule has 2 saturated carbocycles. The molecule has 0 amide bonds. The van der Waals surface area contributed by atoms with E-state index in [-0.39, 0.29) is 5.41 Å². The SMILES string of the molecule is CC1=C2C[C@@H]3CC[C@H](C)[C@@]2(CC1=O)C3(C)C. The van der Waals surface area contributed by atoms with Crippen LogP contribution in [0.2, 0.25) is 0 Å². The van der Waals surface area contributed by atoms with Gasteiger partial charge < -0.3 is 0 Å². The average molecular weight is 218 g/mol. The summed E-state index contributed by atoms with van der Waals surface area (Å²) in [5, 5.41) is 0. The van der Waals surface area contributed by atoms with Crippen LogP contribution in [-0.2, 0) is 4.79 Å². The third kappa shape index (κ3) is 0.881. The van der Waals surface area contributed by atoms with Gasteiger partial charge in [-0.3, -0.25) is 4.79 Å². The topological polar surface area (TPSA) is 17.1 Å². The number of carbonyl (C=O) groups excluding carboxylic acids is 1. The van der Waals surface area contributed by atoms with Crippen molar-refractivity contribution in [3.63, 3.8) is 0 Å². The smallest absolute Gasteiger partial charge is 0.159 e. The maximum Gasteiger partial charge on any atom is 0.159 e. The Hall–Kier alpha value is -0.590. The number of ketones is 1.